The van der Waals surface area contributed by atoms with E-state index in [-0.39, 0.29) is 12.2 Å². The van der Waals surface area contributed by atoms with E-state index in [2.05, 4.69) is 6.92 Å². The molecule has 0 bridgehead atoms. The lowest BCUT2D eigenvalue weighted by Gasteiger charge is -2.15. The van der Waals surface area contributed by atoms with Crippen LogP contribution in [0.5, 0.6) is 0 Å². The molecule has 0 aromatic carbocycles. The molecule has 128 valence electrons. The van der Waals surface area contributed by atoms with E-state index in [1.54, 1.807) is 0 Å². The summed E-state index contributed by atoms with van der Waals surface area (Å²) < 4.78 is 0. The van der Waals surface area contributed by atoms with Crippen molar-refractivity contribution >= 4 is 0 Å². The summed E-state index contributed by atoms with van der Waals surface area (Å²) in [6.07, 6.45) is 14.2. The fraction of sp³-hybridized carbons (Fsp3) is 1.00. The van der Waals surface area contributed by atoms with E-state index in [4.69, 9.17) is 5.11 Å². The average molecular weight is 302 g/mol. The molecule has 0 radical (unpaired) electrons. The Balaban J connectivity index is 3.30. The Labute approximate surface area is 131 Å². The van der Waals surface area contributed by atoms with Gasteiger partial charge in [-0.15, -0.1) is 0 Å². The molecule has 0 aromatic heterocycles. The summed E-state index contributed by atoms with van der Waals surface area (Å²) in [5, 5.41) is 28.4. The molecule has 0 heterocycles. The van der Waals surface area contributed by atoms with E-state index in [0.29, 0.717) is 13.0 Å². The van der Waals surface area contributed by atoms with Crippen molar-refractivity contribution in [3.05, 3.63) is 0 Å². The van der Waals surface area contributed by atoms with E-state index in [1.165, 1.54) is 44.9 Å². The topological polar surface area (TPSA) is 60.7 Å². The third-order valence-corrected chi connectivity index (χ3v) is 4.13. The highest BCUT2D eigenvalue weighted by Crippen LogP contribution is 2.14. The van der Waals surface area contributed by atoms with Crippen LogP contribution in [0.1, 0.15) is 96.8 Å². The molecule has 0 rings (SSSR count). The summed E-state index contributed by atoms with van der Waals surface area (Å²) in [5.74, 6) is 0. The highest BCUT2D eigenvalue weighted by Gasteiger charge is 2.11. The van der Waals surface area contributed by atoms with Gasteiger partial charge >= 0.3 is 0 Å². The first-order valence-electron chi connectivity index (χ1n) is 9.17. The van der Waals surface area contributed by atoms with Crippen LogP contribution in [0.4, 0.5) is 0 Å². The highest BCUT2D eigenvalue weighted by molar-refractivity contribution is 4.64. The fourth-order valence-electron chi connectivity index (χ4n) is 2.73. The molecule has 1 unspecified atom stereocenters. The Morgan fingerprint density at radius 3 is 1.52 bits per heavy atom. The molecular formula is C18H38O3. The maximum absolute atomic E-state index is 9.91. The summed E-state index contributed by atoms with van der Waals surface area (Å²) in [5.41, 5.74) is 0. The van der Waals surface area contributed by atoms with Gasteiger partial charge in [0.05, 0.1) is 12.2 Å². The second kappa shape index (κ2) is 16.3. The molecular weight excluding hydrogens is 264 g/mol. The number of aliphatic hydroxyl groups is 3. The van der Waals surface area contributed by atoms with Gasteiger partial charge in [-0.05, 0) is 25.7 Å². The van der Waals surface area contributed by atoms with E-state index in [1.807, 2.05) is 0 Å². The quantitative estimate of drug-likeness (QED) is 0.375. The number of rotatable bonds is 16. The minimum absolute atomic E-state index is 0.312. The smallest absolute Gasteiger partial charge is 0.0564 e. The van der Waals surface area contributed by atoms with Gasteiger partial charge in [0.25, 0.3) is 0 Å². The zero-order chi connectivity index (χ0) is 15.8. The lowest BCUT2D eigenvalue weighted by atomic mass is 10.00. The highest BCUT2D eigenvalue weighted by atomic mass is 16.3. The van der Waals surface area contributed by atoms with Crippen molar-refractivity contribution in [3.63, 3.8) is 0 Å². The van der Waals surface area contributed by atoms with Crippen molar-refractivity contribution in [2.75, 3.05) is 6.61 Å². The van der Waals surface area contributed by atoms with E-state index in [9.17, 15) is 10.2 Å². The molecule has 3 heteroatoms. The molecule has 0 amide bonds. The van der Waals surface area contributed by atoms with Crippen LogP contribution >= 0.6 is 0 Å². The molecule has 0 aliphatic heterocycles. The maximum atomic E-state index is 9.91. The van der Waals surface area contributed by atoms with E-state index < -0.39 is 0 Å². The van der Waals surface area contributed by atoms with Gasteiger partial charge in [0.2, 0.25) is 0 Å². The molecule has 0 aliphatic carbocycles. The van der Waals surface area contributed by atoms with Crippen LogP contribution in [0.15, 0.2) is 0 Å². The van der Waals surface area contributed by atoms with Crippen molar-refractivity contribution in [3.8, 4) is 0 Å². The third kappa shape index (κ3) is 16.1. The monoisotopic (exact) mass is 302 g/mol. The lowest BCUT2D eigenvalue weighted by molar-refractivity contribution is 0.0680. The molecule has 0 aromatic rings. The second-order valence-corrected chi connectivity index (χ2v) is 6.38. The van der Waals surface area contributed by atoms with Crippen molar-refractivity contribution in [2.24, 2.45) is 0 Å². The maximum Gasteiger partial charge on any atom is 0.0564 e. The molecule has 0 fully saturated rings. The molecule has 0 aliphatic rings. The van der Waals surface area contributed by atoms with Gasteiger partial charge in [0, 0.05) is 6.61 Å². The molecule has 21 heavy (non-hydrogen) atoms. The molecule has 3 nitrogen and oxygen atoms in total. The number of hydrogen-bond donors (Lipinski definition) is 3. The number of aliphatic hydroxyl groups excluding tert-OH is 3. The van der Waals surface area contributed by atoms with Crippen molar-refractivity contribution in [1.82, 2.24) is 0 Å². The van der Waals surface area contributed by atoms with Gasteiger partial charge in [-0.2, -0.15) is 0 Å². The summed E-state index contributed by atoms with van der Waals surface area (Å²) in [6.45, 7) is 2.50. The van der Waals surface area contributed by atoms with Gasteiger partial charge in [-0.3, -0.25) is 0 Å². The Morgan fingerprint density at radius 1 is 0.619 bits per heavy atom. The van der Waals surface area contributed by atoms with Crippen LogP contribution in [0.2, 0.25) is 0 Å². The standard InChI is InChI=1S/C18H38O3/c1-2-3-4-10-13-17(20)16-18(21)14-11-8-6-5-7-9-12-15-19/h17-21H,2-16H2,1H3/t17-,18?/m1/s1. The second-order valence-electron chi connectivity index (χ2n) is 6.38. The minimum Gasteiger partial charge on any atom is -0.396 e. The van der Waals surface area contributed by atoms with Crippen LogP contribution in [0.25, 0.3) is 0 Å². The Morgan fingerprint density at radius 2 is 1.05 bits per heavy atom. The van der Waals surface area contributed by atoms with E-state index in [0.717, 1.165) is 38.5 Å². The van der Waals surface area contributed by atoms with Crippen molar-refractivity contribution < 1.29 is 15.3 Å². The van der Waals surface area contributed by atoms with Gasteiger partial charge < -0.3 is 15.3 Å². The zero-order valence-corrected chi connectivity index (χ0v) is 14.1. The molecule has 0 saturated carbocycles. The number of hydrogen-bond acceptors (Lipinski definition) is 3. The lowest BCUT2D eigenvalue weighted by Crippen LogP contribution is -2.17. The predicted octanol–water partition coefficient (Wildman–Crippen LogP) is 4.18. The Hall–Kier alpha value is -0.120. The van der Waals surface area contributed by atoms with Gasteiger partial charge in [-0.25, -0.2) is 0 Å². The summed E-state index contributed by atoms with van der Waals surface area (Å²) >= 11 is 0. The van der Waals surface area contributed by atoms with Crippen LogP contribution in [0, 0.1) is 0 Å². The largest absolute Gasteiger partial charge is 0.396 e. The fourth-order valence-corrected chi connectivity index (χ4v) is 2.73. The Bertz CT molecular complexity index is 197. The van der Waals surface area contributed by atoms with Crippen LogP contribution < -0.4 is 0 Å². The van der Waals surface area contributed by atoms with Crippen molar-refractivity contribution in [1.29, 1.82) is 0 Å². The van der Waals surface area contributed by atoms with Crippen LogP contribution in [-0.4, -0.2) is 34.1 Å². The third-order valence-electron chi connectivity index (χ3n) is 4.13. The van der Waals surface area contributed by atoms with Crippen LogP contribution in [-0.2, 0) is 0 Å². The molecule has 0 saturated heterocycles. The first-order chi connectivity index (χ1) is 10.2. The van der Waals surface area contributed by atoms with Gasteiger partial charge in [0.15, 0.2) is 0 Å². The predicted molar refractivity (Wildman–Crippen MR) is 89.4 cm³/mol. The van der Waals surface area contributed by atoms with Gasteiger partial charge in [-0.1, -0.05) is 71.1 Å². The molecule has 0 spiro atoms. The minimum atomic E-state index is -0.333. The average Bonchev–Trinajstić information content (AvgIpc) is 2.46. The summed E-state index contributed by atoms with van der Waals surface area (Å²) in [7, 11) is 0. The zero-order valence-electron chi connectivity index (χ0n) is 14.1. The first kappa shape index (κ1) is 20.9. The summed E-state index contributed by atoms with van der Waals surface area (Å²) in [4.78, 5) is 0. The SMILES string of the molecule is CCCCCC[C@@H](O)CC(O)CCCCCCCCCO. The van der Waals surface area contributed by atoms with Crippen LogP contribution in [0.3, 0.4) is 0 Å². The number of unbranched alkanes of at least 4 members (excludes halogenated alkanes) is 9. The Kier molecular flexibility index (Phi) is 16.2. The van der Waals surface area contributed by atoms with E-state index >= 15 is 0 Å². The van der Waals surface area contributed by atoms with Gasteiger partial charge in [0.1, 0.15) is 0 Å². The van der Waals surface area contributed by atoms with Crippen molar-refractivity contribution in [2.45, 2.75) is 109 Å². The molecule has 3 N–H and O–H groups in total. The normalized spacial score (nSPS) is 14.3. The first-order valence-corrected chi connectivity index (χ1v) is 9.17. The summed E-state index contributed by atoms with van der Waals surface area (Å²) in [6, 6.07) is 0. The molecule has 2 atom stereocenters.